The van der Waals surface area contributed by atoms with Crippen molar-refractivity contribution in [3.8, 4) is 11.5 Å². The molecular formula is C10H9BrCl2N4. The van der Waals surface area contributed by atoms with Gasteiger partial charge in [0.1, 0.15) is 16.0 Å². The van der Waals surface area contributed by atoms with Gasteiger partial charge in [-0.2, -0.15) is 0 Å². The third-order valence-corrected chi connectivity index (χ3v) is 3.93. The number of imidazole rings is 1. The highest BCUT2D eigenvalue weighted by molar-refractivity contribution is 9.10. The van der Waals surface area contributed by atoms with Crippen LogP contribution in [0.15, 0.2) is 17.0 Å². The molecule has 2 aromatic heterocycles. The summed E-state index contributed by atoms with van der Waals surface area (Å²) in [5, 5.41) is 0.591. The Labute approximate surface area is 117 Å². The molecule has 90 valence electrons. The van der Waals surface area contributed by atoms with Crippen molar-refractivity contribution in [3.05, 3.63) is 27.3 Å². The molecule has 0 fully saturated rings. The van der Waals surface area contributed by atoms with E-state index in [1.807, 2.05) is 4.57 Å². The Hall–Kier alpha value is -0.650. The van der Waals surface area contributed by atoms with Gasteiger partial charge in [0, 0.05) is 6.54 Å². The van der Waals surface area contributed by atoms with Gasteiger partial charge in [0.2, 0.25) is 0 Å². The summed E-state index contributed by atoms with van der Waals surface area (Å²) in [5.74, 6) is 0.481. The summed E-state index contributed by atoms with van der Waals surface area (Å²) < 4.78 is 2.47. The highest BCUT2D eigenvalue weighted by Gasteiger charge is 2.13. The van der Waals surface area contributed by atoms with Gasteiger partial charge in [-0.3, -0.25) is 0 Å². The van der Waals surface area contributed by atoms with Gasteiger partial charge >= 0.3 is 0 Å². The van der Waals surface area contributed by atoms with Crippen molar-refractivity contribution < 1.29 is 0 Å². The minimum atomic E-state index is 0.296. The molecule has 2 aromatic rings. The van der Waals surface area contributed by atoms with Gasteiger partial charge in [0.15, 0.2) is 5.82 Å². The topological polar surface area (TPSA) is 43.6 Å². The second kappa shape index (κ2) is 5.33. The van der Waals surface area contributed by atoms with Gasteiger partial charge in [-0.25, -0.2) is 15.0 Å². The normalized spacial score (nSPS) is 10.8. The quantitative estimate of drug-likeness (QED) is 0.801. The summed E-state index contributed by atoms with van der Waals surface area (Å²) in [6, 6.07) is 0. The molecular weight excluding hydrogens is 327 g/mol. The molecule has 2 rings (SSSR count). The van der Waals surface area contributed by atoms with Crippen LogP contribution in [0, 0.1) is 0 Å². The van der Waals surface area contributed by atoms with Crippen molar-refractivity contribution in [3.63, 3.8) is 0 Å². The van der Waals surface area contributed by atoms with Crippen LogP contribution in [-0.2, 0) is 6.54 Å². The fourth-order valence-electron chi connectivity index (χ4n) is 1.43. The summed E-state index contributed by atoms with van der Waals surface area (Å²) in [6.07, 6.45) is 4.44. The van der Waals surface area contributed by atoms with E-state index < -0.39 is 0 Å². The van der Waals surface area contributed by atoms with E-state index in [2.05, 4.69) is 37.8 Å². The molecule has 0 spiro atoms. The Morgan fingerprint density at radius 2 is 1.94 bits per heavy atom. The zero-order valence-electron chi connectivity index (χ0n) is 8.99. The summed E-state index contributed by atoms with van der Waals surface area (Å²) >= 11 is 15.1. The van der Waals surface area contributed by atoms with Crippen LogP contribution in [0.2, 0.25) is 10.3 Å². The van der Waals surface area contributed by atoms with Gasteiger partial charge < -0.3 is 4.57 Å². The molecule has 0 saturated carbocycles. The second-order valence-electron chi connectivity index (χ2n) is 3.42. The molecule has 4 nitrogen and oxygen atoms in total. The number of aryl methyl sites for hydroxylation is 1. The van der Waals surface area contributed by atoms with Gasteiger partial charge in [-0.1, -0.05) is 30.1 Å². The van der Waals surface area contributed by atoms with Crippen molar-refractivity contribution in [1.29, 1.82) is 0 Å². The number of aromatic nitrogens is 4. The molecule has 0 bridgehead atoms. The zero-order valence-corrected chi connectivity index (χ0v) is 12.1. The first-order chi connectivity index (χ1) is 8.13. The van der Waals surface area contributed by atoms with E-state index in [1.165, 1.54) is 0 Å². The van der Waals surface area contributed by atoms with E-state index in [4.69, 9.17) is 23.2 Å². The second-order valence-corrected chi connectivity index (χ2v) is 4.92. The number of nitrogens with zero attached hydrogens (tertiary/aromatic N) is 4. The number of hydrogen-bond donors (Lipinski definition) is 0. The van der Waals surface area contributed by atoms with Crippen LogP contribution in [0.3, 0.4) is 0 Å². The first-order valence-corrected chi connectivity index (χ1v) is 6.57. The van der Waals surface area contributed by atoms with Gasteiger partial charge in [0.05, 0.1) is 17.0 Å². The predicted octanol–water partition coefficient (Wildman–Crippen LogP) is 3.82. The van der Waals surface area contributed by atoms with Gasteiger partial charge in [-0.15, -0.1) is 0 Å². The van der Waals surface area contributed by atoms with E-state index >= 15 is 0 Å². The molecule has 0 radical (unpaired) electrons. The lowest BCUT2D eigenvalue weighted by Gasteiger charge is -2.06. The molecule has 0 atom stereocenters. The molecule has 2 heterocycles. The molecule has 0 aliphatic carbocycles. The molecule has 17 heavy (non-hydrogen) atoms. The number of hydrogen-bond acceptors (Lipinski definition) is 3. The minimum Gasteiger partial charge on any atom is -0.328 e. The first-order valence-electron chi connectivity index (χ1n) is 5.02. The summed E-state index contributed by atoms with van der Waals surface area (Å²) in [4.78, 5) is 12.4. The van der Waals surface area contributed by atoms with E-state index in [0.29, 0.717) is 20.6 Å². The maximum atomic E-state index is 5.95. The minimum absolute atomic E-state index is 0.296. The van der Waals surface area contributed by atoms with E-state index in [9.17, 15) is 0 Å². The SMILES string of the molecule is CCCn1cncc1-c1nc(Cl)c(Br)c(Cl)n1. The fourth-order valence-corrected chi connectivity index (χ4v) is 2.00. The van der Waals surface area contributed by atoms with Crippen molar-refractivity contribution in [2.75, 3.05) is 0 Å². The lowest BCUT2D eigenvalue weighted by atomic mass is 10.4. The Morgan fingerprint density at radius 1 is 1.29 bits per heavy atom. The molecule has 7 heteroatoms. The Morgan fingerprint density at radius 3 is 2.53 bits per heavy atom. The first kappa shape index (κ1) is 12.8. The number of halogens is 3. The summed E-state index contributed by atoms with van der Waals surface area (Å²) in [5.41, 5.74) is 0.808. The van der Waals surface area contributed by atoms with Gasteiger partial charge in [-0.05, 0) is 22.4 Å². The van der Waals surface area contributed by atoms with Crippen LogP contribution >= 0.6 is 39.1 Å². The summed E-state index contributed by atoms with van der Waals surface area (Å²) in [6.45, 7) is 2.94. The molecule has 0 N–H and O–H groups in total. The highest BCUT2D eigenvalue weighted by atomic mass is 79.9. The van der Waals surface area contributed by atoms with Crippen molar-refractivity contribution in [1.82, 2.24) is 19.5 Å². The van der Waals surface area contributed by atoms with Crippen LogP contribution in [0.5, 0.6) is 0 Å². The van der Waals surface area contributed by atoms with Crippen LogP contribution < -0.4 is 0 Å². The molecule has 0 aliphatic rings. The van der Waals surface area contributed by atoms with Crippen LogP contribution in [0.1, 0.15) is 13.3 Å². The van der Waals surface area contributed by atoms with Crippen LogP contribution in [-0.4, -0.2) is 19.5 Å². The highest BCUT2D eigenvalue weighted by Crippen LogP contribution is 2.29. The average molecular weight is 336 g/mol. The van der Waals surface area contributed by atoms with Crippen molar-refractivity contribution in [2.45, 2.75) is 19.9 Å². The maximum absolute atomic E-state index is 5.95. The monoisotopic (exact) mass is 334 g/mol. The van der Waals surface area contributed by atoms with Crippen LogP contribution in [0.25, 0.3) is 11.5 Å². The fraction of sp³-hybridized carbons (Fsp3) is 0.300. The van der Waals surface area contributed by atoms with Gasteiger partial charge in [0.25, 0.3) is 0 Å². The Balaban J connectivity index is 2.49. The zero-order chi connectivity index (χ0) is 12.4. The van der Waals surface area contributed by atoms with Crippen LogP contribution in [0.4, 0.5) is 0 Å². The Kier molecular flexibility index (Phi) is 4.01. The third-order valence-electron chi connectivity index (χ3n) is 2.18. The molecule has 0 amide bonds. The average Bonchev–Trinajstić information content (AvgIpc) is 2.74. The molecule has 0 unspecified atom stereocenters. The lowest BCUT2D eigenvalue weighted by Crippen LogP contribution is -2.01. The third kappa shape index (κ3) is 2.61. The predicted molar refractivity (Wildman–Crippen MR) is 71.3 cm³/mol. The van der Waals surface area contributed by atoms with E-state index in [1.54, 1.807) is 12.5 Å². The van der Waals surface area contributed by atoms with E-state index in [0.717, 1.165) is 18.7 Å². The van der Waals surface area contributed by atoms with Crippen molar-refractivity contribution in [2.24, 2.45) is 0 Å². The summed E-state index contributed by atoms with van der Waals surface area (Å²) in [7, 11) is 0. The maximum Gasteiger partial charge on any atom is 0.180 e. The smallest absolute Gasteiger partial charge is 0.180 e. The largest absolute Gasteiger partial charge is 0.328 e. The molecule has 0 saturated heterocycles. The lowest BCUT2D eigenvalue weighted by molar-refractivity contribution is 0.681. The van der Waals surface area contributed by atoms with Crippen molar-refractivity contribution >= 4 is 39.1 Å². The standard InChI is InChI=1S/C10H9BrCl2N4/c1-2-3-17-5-14-4-6(17)10-15-8(12)7(11)9(13)16-10/h4-5H,2-3H2,1H3. The Bertz CT molecular complexity index is 518. The molecule has 0 aromatic carbocycles. The number of rotatable bonds is 3. The van der Waals surface area contributed by atoms with E-state index in [-0.39, 0.29) is 0 Å². The molecule has 0 aliphatic heterocycles.